The van der Waals surface area contributed by atoms with Crippen molar-refractivity contribution in [2.75, 3.05) is 10.2 Å². The molecule has 3 heteroatoms. The van der Waals surface area contributed by atoms with Crippen LogP contribution in [0.4, 0.5) is 28.4 Å². The van der Waals surface area contributed by atoms with Crippen molar-refractivity contribution in [2.24, 2.45) is 0 Å². The van der Waals surface area contributed by atoms with Gasteiger partial charge in [-0.25, -0.2) is 0 Å². The summed E-state index contributed by atoms with van der Waals surface area (Å²) in [6.45, 7) is 19.2. The standard InChI is InChI=1S/C56H55BN2/c1-35-16-14-17-36(2)51(35)40-30-43(52-50(31-40)59-49-23-13-12-21-44(49)56(7,8)45-22-15-20-39(34-57-52)53(45)59)42-32-46-47(55(5,6)29-28-54(46,3)4)33-48(42)58-41-26-24-38(25-27-41)37-18-10-9-11-19-37/h9-27,30-33,57-58H,28-29,34H2,1-8H3. The Morgan fingerprint density at radius 1 is 0.525 bits per heavy atom. The Labute approximate surface area is 352 Å². The SMILES string of the molecule is Cc1cccc(C)c1-c1cc(-c2cc3c(cc2Nc2ccc(-c4ccccc4)cc2)C(C)(C)CCC3(C)C)c2c(c1)N1c3ccccc3C(C)(C)c3cccc(c31)CB2. The Morgan fingerprint density at radius 2 is 1.15 bits per heavy atom. The van der Waals surface area contributed by atoms with Gasteiger partial charge in [0.2, 0.25) is 0 Å². The van der Waals surface area contributed by atoms with E-state index in [9.17, 15) is 0 Å². The summed E-state index contributed by atoms with van der Waals surface area (Å²) in [5, 5.41) is 4.04. The first-order valence-electron chi connectivity index (χ1n) is 21.7. The zero-order valence-corrected chi connectivity index (χ0v) is 36.1. The van der Waals surface area contributed by atoms with Crippen LogP contribution in [0.1, 0.15) is 93.3 Å². The van der Waals surface area contributed by atoms with Gasteiger partial charge in [0.25, 0.3) is 0 Å². The van der Waals surface area contributed by atoms with E-state index in [1.165, 1.54) is 113 Å². The average molecular weight is 767 g/mol. The lowest BCUT2D eigenvalue weighted by molar-refractivity contribution is 0.332. The number of hydrogen-bond donors (Lipinski definition) is 1. The van der Waals surface area contributed by atoms with Crippen molar-refractivity contribution in [2.45, 2.75) is 90.8 Å². The van der Waals surface area contributed by atoms with Gasteiger partial charge in [-0.1, -0.05) is 144 Å². The zero-order chi connectivity index (χ0) is 40.8. The van der Waals surface area contributed by atoms with Crippen LogP contribution in [-0.2, 0) is 22.6 Å². The molecule has 0 aromatic heterocycles. The molecule has 0 saturated heterocycles. The van der Waals surface area contributed by atoms with E-state index in [1.54, 1.807) is 0 Å². The Balaban J connectivity index is 1.27. The van der Waals surface area contributed by atoms with Gasteiger partial charge in [0.05, 0.1) is 11.4 Å². The van der Waals surface area contributed by atoms with Gasteiger partial charge >= 0.3 is 0 Å². The number of para-hydroxylation sites is 2. The number of nitrogens with zero attached hydrogens (tertiary/aromatic N) is 1. The van der Waals surface area contributed by atoms with Crippen molar-refractivity contribution in [1.29, 1.82) is 0 Å². The van der Waals surface area contributed by atoms with E-state index in [0.717, 1.165) is 19.3 Å². The molecule has 0 amide bonds. The minimum Gasteiger partial charge on any atom is -0.355 e. The van der Waals surface area contributed by atoms with E-state index in [2.05, 4.69) is 205 Å². The van der Waals surface area contributed by atoms with Crippen LogP contribution < -0.4 is 15.7 Å². The van der Waals surface area contributed by atoms with Crippen LogP contribution >= 0.6 is 0 Å². The number of rotatable bonds is 5. The summed E-state index contributed by atoms with van der Waals surface area (Å²) in [4.78, 5) is 2.65. The van der Waals surface area contributed by atoms with Gasteiger partial charge in [0.15, 0.2) is 7.28 Å². The number of fused-ring (bicyclic) bond motifs is 5. The van der Waals surface area contributed by atoms with Crippen LogP contribution in [0, 0.1) is 13.8 Å². The Hall–Kier alpha value is -5.80. The predicted octanol–water partition coefficient (Wildman–Crippen LogP) is 14.1. The van der Waals surface area contributed by atoms with Crippen molar-refractivity contribution in [1.82, 2.24) is 0 Å². The topological polar surface area (TPSA) is 15.3 Å². The first kappa shape index (κ1) is 37.5. The molecule has 1 aliphatic carbocycles. The van der Waals surface area contributed by atoms with Gasteiger partial charge in [0.1, 0.15) is 0 Å². The van der Waals surface area contributed by atoms with E-state index < -0.39 is 0 Å². The Morgan fingerprint density at radius 3 is 1.88 bits per heavy atom. The second kappa shape index (κ2) is 13.6. The summed E-state index contributed by atoms with van der Waals surface area (Å²) < 4.78 is 0. The maximum Gasteiger partial charge on any atom is 0.165 e. The molecule has 1 N–H and O–H groups in total. The maximum absolute atomic E-state index is 4.04. The summed E-state index contributed by atoms with van der Waals surface area (Å²) in [6, 6.07) is 52.8. The molecule has 0 spiro atoms. The third-order valence-corrected chi connectivity index (χ3v) is 14.3. The zero-order valence-electron chi connectivity index (χ0n) is 36.1. The van der Waals surface area contributed by atoms with Crippen LogP contribution in [-0.4, -0.2) is 7.28 Å². The lowest BCUT2D eigenvalue weighted by Gasteiger charge is -2.43. The van der Waals surface area contributed by atoms with Crippen molar-refractivity contribution >= 4 is 41.2 Å². The highest BCUT2D eigenvalue weighted by molar-refractivity contribution is 6.58. The van der Waals surface area contributed by atoms with E-state index in [4.69, 9.17) is 0 Å². The van der Waals surface area contributed by atoms with Gasteiger partial charge in [-0.05, 0) is 153 Å². The first-order valence-corrected chi connectivity index (χ1v) is 21.7. The molecule has 2 heterocycles. The number of aryl methyl sites for hydroxylation is 2. The molecule has 2 aliphatic heterocycles. The molecule has 3 aliphatic rings. The molecule has 292 valence electrons. The highest BCUT2D eigenvalue weighted by Crippen LogP contribution is 2.55. The van der Waals surface area contributed by atoms with Crippen molar-refractivity contribution in [3.63, 3.8) is 0 Å². The normalized spacial score (nSPS) is 16.4. The Bertz CT molecular complexity index is 2770. The van der Waals surface area contributed by atoms with Gasteiger partial charge < -0.3 is 10.2 Å². The summed E-state index contributed by atoms with van der Waals surface area (Å²) in [6.07, 6.45) is 3.31. The monoisotopic (exact) mass is 766 g/mol. The molecule has 0 radical (unpaired) electrons. The maximum atomic E-state index is 4.04. The molecule has 0 unspecified atom stereocenters. The highest BCUT2D eigenvalue weighted by atomic mass is 15.2. The predicted molar refractivity (Wildman–Crippen MR) is 255 cm³/mol. The van der Waals surface area contributed by atoms with Gasteiger partial charge in [-0.3, -0.25) is 0 Å². The molecule has 10 rings (SSSR count). The highest BCUT2D eigenvalue weighted by Gasteiger charge is 2.41. The summed E-state index contributed by atoms with van der Waals surface area (Å²) >= 11 is 0. The lowest BCUT2D eigenvalue weighted by atomic mass is 9.60. The van der Waals surface area contributed by atoms with Crippen LogP contribution in [0.25, 0.3) is 33.4 Å². The Kier molecular flexibility index (Phi) is 8.66. The molecule has 0 atom stereocenters. The minimum atomic E-state index is -0.125. The third-order valence-electron chi connectivity index (χ3n) is 14.3. The van der Waals surface area contributed by atoms with Crippen molar-refractivity contribution < 1.29 is 0 Å². The van der Waals surface area contributed by atoms with Crippen LogP contribution in [0.15, 0.2) is 140 Å². The van der Waals surface area contributed by atoms with Crippen LogP contribution in [0.5, 0.6) is 0 Å². The number of nitrogens with one attached hydrogen (secondary N) is 1. The average Bonchev–Trinajstić information content (AvgIpc) is 3.39. The quantitative estimate of drug-likeness (QED) is 0.176. The number of anilines is 5. The third kappa shape index (κ3) is 6.07. The number of hydrogen-bond acceptors (Lipinski definition) is 2. The van der Waals surface area contributed by atoms with Gasteiger partial charge in [0, 0.05) is 28.0 Å². The van der Waals surface area contributed by atoms with Crippen molar-refractivity contribution in [3.05, 3.63) is 178 Å². The second-order valence-corrected chi connectivity index (χ2v) is 19.4. The van der Waals surface area contributed by atoms with E-state index in [0.29, 0.717) is 0 Å². The molecule has 7 aromatic carbocycles. The summed E-state index contributed by atoms with van der Waals surface area (Å²) in [7, 11) is 0.949. The fourth-order valence-electron chi connectivity index (χ4n) is 10.8. The molecule has 0 bridgehead atoms. The smallest absolute Gasteiger partial charge is 0.165 e. The molecule has 59 heavy (non-hydrogen) atoms. The number of benzene rings is 7. The molecule has 2 nitrogen and oxygen atoms in total. The molecule has 0 fully saturated rings. The fourth-order valence-corrected chi connectivity index (χ4v) is 10.8. The lowest BCUT2D eigenvalue weighted by Crippen LogP contribution is -2.34. The second-order valence-electron chi connectivity index (χ2n) is 19.4. The molecular formula is C56H55BN2. The van der Waals surface area contributed by atoms with Crippen LogP contribution in [0.3, 0.4) is 0 Å². The van der Waals surface area contributed by atoms with E-state index in [-0.39, 0.29) is 16.2 Å². The fraction of sp³-hybridized carbons (Fsp3) is 0.250. The first-order chi connectivity index (χ1) is 28.3. The van der Waals surface area contributed by atoms with Crippen molar-refractivity contribution in [3.8, 4) is 33.4 Å². The molecule has 0 saturated carbocycles. The summed E-state index contributed by atoms with van der Waals surface area (Å²) in [5.74, 6) is 0. The van der Waals surface area contributed by atoms with Gasteiger partial charge in [-0.15, -0.1) is 0 Å². The van der Waals surface area contributed by atoms with Gasteiger partial charge in [-0.2, -0.15) is 0 Å². The molecular weight excluding hydrogens is 711 g/mol. The minimum absolute atomic E-state index is 0.0547. The molecule has 7 aromatic rings. The van der Waals surface area contributed by atoms with E-state index >= 15 is 0 Å². The largest absolute Gasteiger partial charge is 0.355 e. The van der Waals surface area contributed by atoms with Crippen LogP contribution in [0.2, 0.25) is 0 Å². The van der Waals surface area contributed by atoms with E-state index in [1.807, 2.05) is 0 Å². The summed E-state index contributed by atoms with van der Waals surface area (Å²) in [5.41, 5.74) is 25.0.